The molecule has 0 spiro atoms. The van der Waals surface area contributed by atoms with Crippen LogP contribution < -0.4 is 0 Å². The van der Waals surface area contributed by atoms with E-state index in [1.54, 1.807) is 0 Å². The smallest absolute Gasteiger partial charge is 0.0880 e. The Balaban J connectivity index is 2.20. The van der Waals surface area contributed by atoms with Crippen LogP contribution in [0.1, 0.15) is 25.3 Å². The molecule has 0 aromatic heterocycles. The molecule has 1 unspecified atom stereocenters. The summed E-state index contributed by atoms with van der Waals surface area (Å²) < 4.78 is 5.39. The molecule has 2 rings (SSSR count). The Morgan fingerprint density at radius 1 is 1.23 bits per heavy atom. The fourth-order valence-corrected chi connectivity index (χ4v) is 1.97. The van der Waals surface area contributed by atoms with Gasteiger partial charge in [-0.1, -0.05) is 44.2 Å². The van der Waals surface area contributed by atoms with Gasteiger partial charge in [-0.2, -0.15) is 0 Å². The van der Waals surface area contributed by atoms with Crippen molar-refractivity contribution >= 4 is 0 Å². The molecule has 2 atom stereocenters. The zero-order valence-corrected chi connectivity index (χ0v) is 8.23. The van der Waals surface area contributed by atoms with E-state index in [1.807, 2.05) is 0 Å². The predicted molar refractivity (Wildman–Crippen MR) is 53.8 cm³/mol. The highest BCUT2D eigenvalue weighted by molar-refractivity contribution is 5.22. The van der Waals surface area contributed by atoms with Crippen molar-refractivity contribution in [2.45, 2.75) is 25.9 Å². The van der Waals surface area contributed by atoms with Crippen LogP contribution in [0.5, 0.6) is 0 Å². The van der Waals surface area contributed by atoms with Gasteiger partial charge in [-0.15, -0.1) is 0 Å². The summed E-state index contributed by atoms with van der Waals surface area (Å²) in [4.78, 5) is 0. The maximum atomic E-state index is 5.39. The summed E-state index contributed by atoms with van der Waals surface area (Å²) in [5.41, 5.74) is 1.42. The van der Waals surface area contributed by atoms with Crippen LogP contribution in [0, 0.1) is 5.92 Å². The molecule has 1 saturated heterocycles. The van der Waals surface area contributed by atoms with E-state index in [1.165, 1.54) is 5.56 Å². The zero-order valence-electron chi connectivity index (χ0n) is 8.23. The Kier molecular flexibility index (Phi) is 2.36. The fraction of sp³-hybridized carbons (Fsp3) is 0.500. The maximum Gasteiger partial charge on any atom is 0.0880 e. The third-order valence-corrected chi connectivity index (χ3v) is 2.66. The van der Waals surface area contributed by atoms with Crippen LogP contribution in [-0.4, -0.2) is 12.7 Å². The molecule has 1 heterocycles. The summed E-state index contributed by atoms with van der Waals surface area (Å²) in [7, 11) is 0. The van der Waals surface area contributed by atoms with Crippen molar-refractivity contribution in [1.29, 1.82) is 0 Å². The van der Waals surface area contributed by atoms with Crippen molar-refractivity contribution < 1.29 is 4.74 Å². The highest BCUT2D eigenvalue weighted by Gasteiger charge is 2.35. The van der Waals surface area contributed by atoms with Crippen molar-refractivity contribution in [1.82, 2.24) is 0 Å². The van der Waals surface area contributed by atoms with Gasteiger partial charge in [0.2, 0.25) is 0 Å². The number of hydrogen-bond donors (Lipinski definition) is 0. The van der Waals surface area contributed by atoms with E-state index >= 15 is 0 Å². The van der Waals surface area contributed by atoms with E-state index in [9.17, 15) is 0 Å². The summed E-state index contributed by atoms with van der Waals surface area (Å²) in [6, 6.07) is 10.7. The number of benzene rings is 1. The number of rotatable bonds is 3. The van der Waals surface area contributed by atoms with Crippen LogP contribution in [0.25, 0.3) is 0 Å². The lowest BCUT2D eigenvalue weighted by molar-refractivity contribution is 0.333. The molecule has 1 nitrogen and oxygen atoms in total. The third-order valence-electron chi connectivity index (χ3n) is 2.66. The van der Waals surface area contributed by atoms with Crippen molar-refractivity contribution in [3.8, 4) is 0 Å². The monoisotopic (exact) mass is 176 g/mol. The molecule has 1 heteroatoms. The lowest BCUT2D eigenvalue weighted by atomic mass is 9.86. The minimum atomic E-state index is 0.474. The first-order chi connectivity index (χ1) is 6.29. The number of hydrogen-bond acceptors (Lipinski definition) is 1. The molecule has 70 valence electrons. The summed E-state index contributed by atoms with van der Waals surface area (Å²) in [5.74, 6) is 1.25. The van der Waals surface area contributed by atoms with Gasteiger partial charge in [0.05, 0.1) is 12.7 Å². The average molecular weight is 176 g/mol. The first kappa shape index (κ1) is 8.76. The van der Waals surface area contributed by atoms with Gasteiger partial charge in [0.1, 0.15) is 0 Å². The Morgan fingerprint density at radius 3 is 2.31 bits per heavy atom. The van der Waals surface area contributed by atoms with Gasteiger partial charge in [-0.25, -0.2) is 0 Å². The molecule has 0 aliphatic carbocycles. The molecular formula is C12H16O. The quantitative estimate of drug-likeness (QED) is 0.645. The summed E-state index contributed by atoms with van der Waals surface area (Å²) in [6.45, 7) is 5.47. The van der Waals surface area contributed by atoms with Crippen molar-refractivity contribution in [3.63, 3.8) is 0 Å². The lowest BCUT2D eigenvalue weighted by Crippen LogP contribution is -2.12. The highest BCUT2D eigenvalue weighted by atomic mass is 16.6. The standard InChI is InChI=1S/C12H16O/c1-9(2)12(11-8-13-11)10-6-4-3-5-7-10/h3-7,9,11-12H,8H2,1-2H3/t11-,12?/m1/s1. The number of epoxide rings is 1. The van der Waals surface area contributed by atoms with Gasteiger partial charge in [0.15, 0.2) is 0 Å². The Labute approximate surface area is 79.7 Å². The first-order valence-electron chi connectivity index (χ1n) is 4.95. The second-order valence-electron chi connectivity index (χ2n) is 4.05. The molecule has 0 N–H and O–H groups in total. The maximum absolute atomic E-state index is 5.39. The largest absolute Gasteiger partial charge is 0.372 e. The van der Waals surface area contributed by atoms with Crippen LogP contribution in [0.15, 0.2) is 30.3 Å². The van der Waals surface area contributed by atoms with Crippen LogP contribution in [0.2, 0.25) is 0 Å². The molecule has 1 aliphatic heterocycles. The van der Waals surface area contributed by atoms with Crippen molar-refractivity contribution in [2.24, 2.45) is 5.92 Å². The minimum Gasteiger partial charge on any atom is -0.372 e. The molecule has 0 saturated carbocycles. The summed E-state index contributed by atoms with van der Waals surface area (Å²) in [6.07, 6.45) is 0.474. The van der Waals surface area contributed by atoms with Crippen LogP contribution in [-0.2, 0) is 4.74 Å². The molecule has 1 aromatic carbocycles. The van der Waals surface area contributed by atoms with Crippen molar-refractivity contribution in [2.75, 3.05) is 6.61 Å². The van der Waals surface area contributed by atoms with E-state index < -0.39 is 0 Å². The first-order valence-corrected chi connectivity index (χ1v) is 4.95. The van der Waals surface area contributed by atoms with Gasteiger partial charge in [0, 0.05) is 5.92 Å². The van der Waals surface area contributed by atoms with E-state index in [2.05, 4.69) is 44.2 Å². The zero-order chi connectivity index (χ0) is 9.26. The van der Waals surface area contributed by atoms with E-state index in [-0.39, 0.29) is 0 Å². The predicted octanol–water partition coefficient (Wildman–Crippen LogP) is 2.83. The molecule has 1 aromatic rings. The van der Waals surface area contributed by atoms with Crippen LogP contribution in [0.3, 0.4) is 0 Å². The van der Waals surface area contributed by atoms with Crippen molar-refractivity contribution in [3.05, 3.63) is 35.9 Å². The lowest BCUT2D eigenvalue weighted by Gasteiger charge is -2.18. The fourth-order valence-electron chi connectivity index (χ4n) is 1.97. The van der Waals surface area contributed by atoms with Gasteiger partial charge < -0.3 is 4.74 Å². The average Bonchev–Trinajstić information content (AvgIpc) is 2.90. The third kappa shape index (κ3) is 1.92. The van der Waals surface area contributed by atoms with Crippen LogP contribution >= 0.6 is 0 Å². The van der Waals surface area contributed by atoms with Gasteiger partial charge in [-0.3, -0.25) is 0 Å². The molecule has 0 amide bonds. The van der Waals surface area contributed by atoms with Gasteiger partial charge in [0.25, 0.3) is 0 Å². The molecular weight excluding hydrogens is 160 g/mol. The Hall–Kier alpha value is -0.820. The van der Waals surface area contributed by atoms with E-state index in [0.717, 1.165) is 6.61 Å². The molecule has 1 fully saturated rings. The second-order valence-corrected chi connectivity index (χ2v) is 4.05. The Morgan fingerprint density at radius 2 is 1.85 bits per heavy atom. The summed E-state index contributed by atoms with van der Waals surface area (Å²) >= 11 is 0. The molecule has 0 radical (unpaired) electrons. The minimum absolute atomic E-state index is 0.474. The van der Waals surface area contributed by atoms with Gasteiger partial charge in [-0.05, 0) is 11.5 Å². The SMILES string of the molecule is CC(C)C(c1ccccc1)[C@H]1CO1. The normalized spacial score (nSPS) is 23.2. The topological polar surface area (TPSA) is 12.5 Å². The second kappa shape index (κ2) is 3.51. The molecule has 1 aliphatic rings. The summed E-state index contributed by atoms with van der Waals surface area (Å²) in [5, 5.41) is 0. The Bertz CT molecular complexity index is 260. The number of ether oxygens (including phenoxy) is 1. The van der Waals surface area contributed by atoms with Crippen LogP contribution in [0.4, 0.5) is 0 Å². The van der Waals surface area contributed by atoms with Gasteiger partial charge >= 0.3 is 0 Å². The highest BCUT2D eigenvalue weighted by Crippen LogP contribution is 2.35. The van der Waals surface area contributed by atoms with E-state index in [0.29, 0.717) is 17.9 Å². The van der Waals surface area contributed by atoms with E-state index in [4.69, 9.17) is 4.74 Å². The molecule has 0 bridgehead atoms. The molecule has 13 heavy (non-hydrogen) atoms.